The van der Waals surface area contributed by atoms with E-state index in [1.165, 1.54) is 13.2 Å². The van der Waals surface area contributed by atoms with Crippen LogP contribution in [-0.2, 0) is 0 Å². The molecule has 0 fully saturated rings. The van der Waals surface area contributed by atoms with E-state index in [1.54, 1.807) is 42.5 Å². The Balaban J connectivity index is 1.41. The lowest BCUT2D eigenvalue weighted by atomic mass is 10.1. The summed E-state index contributed by atoms with van der Waals surface area (Å²) in [6.07, 6.45) is 3.54. The Labute approximate surface area is 177 Å². The molecule has 31 heavy (non-hydrogen) atoms. The third-order valence-electron chi connectivity index (χ3n) is 5.09. The molecule has 152 valence electrons. The number of carbonyl (C=O) groups is 2. The first-order valence-corrected chi connectivity index (χ1v) is 9.63. The summed E-state index contributed by atoms with van der Waals surface area (Å²) in [7, 11) is 1.49. The summed E-state index contributed by atoms with van der Waals surface area (Å²) in [4.78, 5) is 28.5. The van der Waals surface area contributed by atoms with Crippen molar-refractivity contribution in [3.05, 3.63) is 95.4 Å². The number of esters is 1. The number of nitrogens with one attached hydrogen (secondary N) is 1. The topological polar surface area (TPSA) is 77.6 Å². The number of rotatable bonds is 4. The number of benzene rings is 3. The molecule has 0 radical (unpaired) electrons. The zero-order chi connectivity index (χ0) is 21.4. The Bertz CT molecular complexity index is 1370. The van der Waals surface area contributed by atoms with Crippen LogP contribution in [0.25, 0.3) is 17.0 Å². The normalized spacial score (nSPS) is 13.8. The van der Waals surface area contributed by atoms with Gasteiger partial charge in [-0.25, -0.2) is 4.79 Å². The molecular weight excluding hydrogens is 394 g/mol. The standard InChI is InChI=1S/C25H17NO5/c1-29-21-9-5-3-7-19(21)25(28)30-16-10-11-18-22(13-16)31-23(24(18)27)12-15-14-26-20-8-4-2-6-17(15)20/h2-14,26H,1H3/b23-12+. The third-order valence-corrected chi connectivity index (χ3v) is 5.09. The highest BCUT2D eigenvalue weighted by Crippen LogP contribution is 2.36. The monoisotopic (exact) mass is 411 g/mol. The number of hydrogen-bond donors (Lipinski definition) is 1. The number of methoxy groups -OCH3 is 1. The zero-order valence-electron chi connectivity index (χ0n) is 16.5. The second-order valence-electron chi connectivity index (χ2n) is 6.98. The number of carbonyl (C=O) groups excluding carboxylic acids is 2. The highest BCUT2D eigenvalue weighted by atomic mass is 16.5. The van der Waals surface area contributed by atoms with Crippen LogP contribution in [0.3, 0.4) is 0 Å². The summed E-state index contributed by atoms with van der Waals surface area (Å²) >= 11 is 0. The van der Waals surface area contributed by atoms with Crippen molar-refractivity contribution < 1.29 is 23.8 Å². The number of Topliss-reactive ketones (excluding diaryl/α,β-unsaturated/α-hetero) is 1. The molecule has 0 saturated heterocycles. The van der Waals surface area contributed by atoms with Crippen molar-refractivity contribution in [3.63, 3.8) is 0 Å². The van der Waals surface area contributed by atoms with E-state index >= 15 is 0 Å². The maximum atomic E-state index is 12.8. The van der Waals surface area contributed by atoms with Crippen LogP contribution in [0.15, 0.2) is 78.7 Å². The summed E-state index contributed by atoms with van der Waals surface area (Å²) in [6, 6.07) is 19.3. The number of H-pyrrole nitrogens is 1. The fourth-order valence-electron chi connectivity index (χ4n) is 3.56. The van der Waals surface area contributed by atoms with E-state index in [4.69, 9.17) is 14.2 Å². The second kappa shape index (κ2) is 7.50. The molecule has 2 heterocycles. The summed E-state index contributed by atoms with van der Waals surface area (Å²) in [5.41, 5.74) is 2.56. The molecule has 1 N–H and O–H groups in total. The van der Waals surface area contributed by atoms with E-state index in [0.29, 0.717) is 22.6 Å². The van der Waals surface area contributed by atoms with Crippen molar-refractivity contribution in [2.24, 2.45) is 0 Å². The summed E-state index contributed by atoms with van der Waals surface area (Å²) in [5.74, 6) is 0.480. The Hall–Kier alpha value is -4.32. The number of aromatic nitrogens is 1. The van der Waals surface area contributed by atoms with Crippen LogP contribution in [-0.4, -0.2) is 23.8 Å². The fraction of sp³-hybridized carbons (Fsp3) is 0.0400. The molecule has 3 aromatic carbocycles. The molecule has 6 heteroatoms. The molecule has 0 amide bonds. The molecule has 1 aromatic heterocycles. The van der Waals surface area contributed by atoms with Gasteiger partial charge in [0.25, 0.3) is 0 Å². The van der Waals surface area contributed by atoms with Crippen LogP contribution < -0.4 is 14.2 Å². The first-order valence-electron chi connectivity index (χ1n) is 9.63. The van der Waals surface area contributed by atoms with Crippen LogP contribution >= 0.6 is 0 Å². The minimum atomic E-state index is -0.559. The predicted octanol–water partition coefficient (Wildman–Crippen LogP) is 5.01. The second-order valence-corrected chi connectivity index (χ2v) is 6.98. The number of hydrogen-bond acceptors (Lipinski definition) is 5. The smallest absolute Gasteiger partial charge is 0.347 e. The van der Waals surface area contributed by atoms with Gasteiger partial charge in [-0.05, 0) is 36.4 Å². The average molecular weight is 411 g/mol. The van der Waals surface area contributed by atoms with Crippen LogP contribution in [0.1, 0.15) is 26.3 Å². The van der Waals surface area contributed by atoms with Crippen LogP contribution in [0, 0.1) is 0 Å². The number of allylic oxidation sites excluding steroid dienone is 1. The number of ether oxygens (including phenoxy) is 3. The van der Waals surface area contributed by atoms with Gasteiger partial charge in [0, 0.05) is 28.7 Å². The highest BCUT2D eigenvalue weighted by Gasteiger charge is 2.28. The van der Waals surface area contributed by atoms with E-state index in [1.807, 2.05) is 30.5 Å². The van der Waals surface area contributed by atoms with Crippen molar-refractivity contribution >= 4 is 28.7 Å². The summed E-state index contributed by atoms with van der Waals surface area (Å²) in [5, 5.41) is 0.994. The quantitative estimate of drug-likeness (QED) is 0.290. The van der Waals surface area contributed by atoms with Crippen molar-refractivity contribution in [2.45, 2.75) is 0 Å². The number of fused-ring (bicyclic) bond motifs is 2. The fourth-order valence-corrected chi connectivity index (χ4v) is 3.56. The van der Waals surface area contributed by atoms with Gasteiger partial charge >= 0.3 is 5.97 Å². The van der Waals surface area contributed by atoms with Gasteiger partial charge < -0.3 is 19.2 Å². The number of aromatic amines is 1. The Morgan fingerprint density at radius 3 is 2.71 bits per heavy atom. The van der Waals surface area contributed by atoms with Crippen LogP contribution in [0.2, 0.25) is 0 Å². The van der Waals surface area contributed by atoms with Crippen LogP contribution in [0.5, 0.6) is 17.2 Å². The van der Waals surface area contributed by atoms with Crippen LogP contribution in [0.4, 0.5) is 0 Å². The van der Waals surface area contributed by atoms with E-state index < -0.39 is 5.97 Å². The molecule has 0 bridgehead atoms. The number of para-hydroxylation sites is 2. The van der Waals surface area contributed by atoms with Crippen molar-refractivity contribution in [3.8, 4) is 17.2 Å². The summed E-state index contributed by atoms with van der Waals surface area (Å²) < 4.78 is 16.5. The molecule has 4 aromatic rings. The lowest BCUT2D eigenvalue weighted by molar-refractivity contribution is 0.0731. The van der Waals surface area contributed by atoms with E-state index in [0.717, 1.165) is 16.5 Å². The van der Waals surface area contributed by atoms with Gasteiger partial charge in [0.05, 0.1) is 12.7 Å². The van der Waals surface area contributed by atoms with Gasteiger partial charge in [-0.2, -0.15) is 0 Å². The molecule has 1 aliphatic heterocycles. The molecule has 0 atom stereocenters. The molecule has 0 unspecified atom stereocenters. The minimum absolute atomic E-state index is 0.216. The molecule has 0 aliphatic carbocycles. The first-order chi connectivity index (χ1) is 15.1. The number of ketones is 1. The van der Waals surface area contributed by atoms with E-state index in [-0.39, 0.29) is 17.3 Å². The largest absolute Gasteiger partial charge is 0.496 e. The summed E-state index contributed by atoms with van der Waals surface area (Å²) in [6.45, 7) is 0. The van der Waals surface area contributed by atoms with Crippen molar-refractivity contribution in [1.82, 2.24) is 4.98 Å². The maximum absolute atomic E-state index is 12.8. The zero-order valence-corrected chi connectivity index (χ0v) is 16.5. The molecule has 1 aliphatic rings. The van der Waals surface area contributed by atoms with E-state index in [2.05, 4.69) is 4.98 Å². The Kier molecular flexibility index (Phi) is 4.52. The van der Waals surface area contributed by atoms with Gasteiger partial charge in [0.2, 0.25) is 5.78 Å². The minimum Gasteiger partial charge on any atom is -0.496 e. The third kappa shape index (κ3) is 3.34. The van der Waals surface area contributed by atoms with Crippen molar-refractivity contribution in [2.75, 3.05) is 7.11 Å². The van der Waals surface area contributed by atoms with Gasteiger partial charge in [-0.3, -0.25) is 4.79 Å². The predicted molar refractivity (Wildman–Crippen MR) is 116 cm³/mol. The van der Waals surface area contributed by atoms with Gasteiger partial charge in [-0.15, -0.1) is 0 Å². The SMILES string of the molecule is COc1ccccc1C(=O)Oc1ccc2c(c1)O/C(=C/c1c[nH]c3ccccc13)C2=O. The molecular formula is C25H17NO5. The molecule has 0 saturated carbocycles. The highest BCUT2D eigenvalue weighted by molar-refractivity contribution is 6.15. The molecule has 5 rings (SSSR count). The molecule has 0 spiro atoms. The first kappa shape index (κ1) is 18.7. The van der Waals surface area contributed by atoms with Gasteiger partial charge in [0.15, 0.2) is 5.76 Å². The Morgan fingerprint density at radius 2 is 1.84 bits per heavy atom. The lowest BCUT2D eigenvalue weighted by Crippen LogP contribution is -2.10. The maximum Gasteiger partial charge on any atom is 0.347 e. The van der Waals surface area contributed by atoms with Gasteiger partial charge in [0.1, 0.15) is 22.8 Å². The average Bonchev–Trinajstić information content (AvgIpc) is 3.34. The Morgan fingerprint density at radius 1 is 1.03 bits per heavy atom. The van der Waals surface area contributed by atoms with E-state index in [9.17, 15) is 9.59 Å². The van der Waals surface area contributed by atoms with Gasteiger partial charge in [-0.1, -0.05) is 30.3 Å². The van der Waals surface area contributed by atoms with Crippen molar-refractivity contribution in [1.29, 1.82) is 0 Å². The molecule has 6 nitrogen and oxygen atoms in total. The lowest BCUT2D eigenvalue weighted by Gasteiger charge is -2.08.